The Morgan fingerprint density at radius 2 is 1.79 bits per heavy atom. The maximum absolute atomic E-state index is 6.48. The summed E-state index contributed by atoms with van der Waals surface area (Å²) >= 11 is 0. The van der Waals surface area contributed by atoms with Crippen molar-refractivity contribution in [1.29, 1.82) is 0 Å². The molecule has 1 aliphatic rings. The average molecular weight is 373 g/mol. The highest BCUT2D eigenvalue weighted by molar-refractivity contribution is 5.78. The van der Waals surface area contributed by atoms with Crippen molar-refractivity contribution in [2.75, 3.05) is 25.6 Å². The van der Waals surface area contributed by atoms with Crippen molar-refractivity contribution in [3.05, 3.63) is 77.4 Å². The number of methoxy groups -OCH3 is 1. The van der Waals surface area contributed by atoms with E-state index in [2.05, 4.69) is 80.4 Å². The summed E-state index contributed by atoms with van der Waals surface area (Å²) in [5.41, 5.74) is 7.34. The van der Waals surface area contributed by atoms with E-state index < -0.39 is 0 Å². The molecule has 0 radical (unpaired) electrons. The second-order valence-corrected chi connectivity index (χ2v) is 7.57. The predicted molar refractivity (Wildman–Crippen MR) is 116 cm³/mol. The monoisotopic (exact) mass is 373 g/mol. The molecule has 1 unspecified atom stereocenters. The SMILES string of the molecule is COc1cc2c(c(-c3cccc(C)c3C)c1)OC(CN(C)c1ccccc1)C2. The molecule has 0 saturated carbocycles. The number of anilines is 1. The average Bonchev–Trinajstić information content (AvgIpc) is 3.12. The third-order valence-electron chi connectivity index (χ3n) is 5.68. The van der Waals surface area contributed by atoms with Gasteiger partial charge in [-0.25, -0.2) is 0 Å². The molecule has 0 amide bonds. The summed E-state index contributed by atoms with van der Waals surface area (Å²) in [4.78, 5) is 2.26. The fourth-order valence-corrected chi connectivity index (χ4v) is 3.96. The van der Waals surface area contributed by atoms with Gasteiger partial charge in [0.2, 0.25) is 0 Å². The topological polar surface area (TPSA) is 21.7 Å². The first-order chi connectivity index (χ1) is 13.6. The van der Waals surface area contributed by atoms with Gasteiger partial charge in [-0.05, 0) is 54.8 Å². The molecule has 1 atom stereocenters. The molecular formula is C25H27NO2. The van der Waals surface area contributed by atoms with E-state index in [-0.39, 0.29) is 6.10 Å². The van der Waals surface area contributed by atoms with Crippen molar-refractivity contribution in [2.24, 2.45) is 0 Å². The number of hydrogen-bond donors (Lipinski definition) is 0. The van der Waals surface area contributed by atoms with Crippen LogP contribution in [0.1, 0.15) is 16.7 Å². The molecule has 4 rings (SSSR count). The number of likely N-dealkylation sites (N-methyl/N-ethyl adjacent to an activating group) is 1. The summed E-state index contributed by atoms with van der Waals surface area (Å²) < 4.78 is 12.1. The maximum atomic E-state index is 6.48. The Labute approximate surface area is 167 Å². The predicted octanol–water partition coefficient (Wildman–Crippen LogP) is 5.42. The molecule has 3 aromatic carbocycles. The summed E-state index contributed by atoms with van der Waals surface area (Å²) in [6.07, 6.45) is 1.01. The summed E-state index contributed by atoms with van der Waals surface area (Å²) in [5.74, 6) is 1.89. The molecule has 0 aromatic heterocycles. The van der Waals surface area contributed by atoms with Gasteiger partial charge in [0.15, 0.2) is 0 Å². The lowest BCUT2D eigenvalue weighted by Gasteiger charge is -2.23. The molecule has 3 heteroatoms. The Kier molecular flexibility index (Phi) is 4.99. The lowest BCUT2D eigenvalue weighted by Crippen LogP contribution is -2.31. The van der Waals surface area contributed by atoms with Crippen LogP contribution in [0.3, 0.4) is 0 Å². The summed E-state index contributed by atoms with van der Waals surface area (Å²) in [6.45, 7) is 5.16. The minimum absolute atomic E-state index is 0.121. The van der Waals surface area contributed by atoms with Crippen LogP contribution < -0.4 is 14.4 Å². The van der Waals surface area contributed by atoms with E-state index in [0.717, 1.165) is 30.0 Å². The number of fused-ring (bicyclic) bond motifs is 1. The molecule has 3 nitrogen and oxygen atoms in total. The highest BCUT2D eigenvalue weighted by atomic mass is 16.5. The zero-order valence-electron chi connectivity index (χ0n) is 17.0. The minimum atomic E-state index is 0.121. The van der Waals surface area contributed by atoms with Crippen LogP contribution in [-0.2, 0) is 6.42 Å². The smallest absolute Gasteiger partial charge is 0.131 e. The number of aryl methyl sites for hydroxylation is 1. The van der Waals surface area contributed by atoms with E-state index in [4.69, 9.17) is 9.47 Å². The van der Waals surface area contributed by atoms with Gasteiger partial charge >= 0.3 is 0 Å². The second kappa shape index (κ2) is 7.59. The Hall–Kier alpha value is -2.94. The minimum Gasteiger partial charge on any atom is -0.497 e. The number of rotatable bonds is 5. The van der Waals surface area contributed by atoms with Crippen molar-refractivity contribution < 1.29 is 9.47 Å². The summed E-state index contributed by atoms with van der Waals surface area (Å²) in [5, 5.41) is 0. The van der Waals surface area contributed by atoms with Crippen molar-refractivity contribution >= 4 is 5.69 Å². The molecule has 0 fully saturated rings. The largest absolute Gasteiger partial charge is 0.497 e. The van der Waals surface area contributed by atoms with Crippen molar-refractivity contribution in [1.82, 2.24) is 0 Å². The van der Waals surface area contributed by atoms with Gasteiger partial charge in [0, 0.05) is 30.3 Å². The van der Waals surface area contributed by atoms with E-state index >= 15 is 0 Å². The van der Waals surface area contributed by atoms with Crippen LogP contribution in [0.15, 0.2) is 60.7 Å². The first kappa shape index (κ1) is 18.4. The Balaban J connectivity index is 1.65. The van der Waals surface area contributed by atoms with E-state index in [1.165, 1.54) is 27.9 Å². The molecule has 3 aromatic rings. The van der Waals surface area contributed by atoms with Gasteiger partial charge in [0.1, 0.15) is 17.6 Å². The zero-order chi connectivity index (χ0) is 19.7. The highest BCUT2D eigenvalue weighted by Crippen LogP contribution is 2.43. The standard InChI is InChI=1S/C25H27NO2/c1-17-9-8-12-23(18(17)2)24-15-21(27-4)13-19-14-22(28-25(19)24)16-26(3)20-10-6-5-7-11-20/h5-13,15,22H,14,16H2,1-4H3. The molecule has 0 saturated heterocycles. The van der Waals surface area contributed by atoms with E-state index in [1.54, 1.807) is 7.11 Å². The first-order valence-corrected chi connectivity index (χ1v) is 9.77. The lowest BCUT2D eigenvalue weighted by atomic mass is 9.94. The molecule has 0 spiro atoms. The van der Waals surface area contributed by atoms with Gasteiger partial charge in [0.25, 0.3) is 0 Å². The fourth-order valence-electron chi connectivity index (χ4n) is 3.96. The van der Waals surface area contributed by atoms with Crippen molar-refractivity contribution in [3.8, 4) is 22.6 Å². The molecule has 28 heavy (non-hydrogen) atoms. The fraction of sp³-hybridized carbons (Fsp3) is 0.280. The number of ether oxygens (including phenoxy) is 2. The van der Waals surface area contributed by atoms with Gasteiger partial charge in [0.05, 0.1) is 13.7 Å². The van der Waals surface area contributed by atoms with Crippen LogP contribution in [0.2, 0.25) is 0 Å². The second-order valence-electron chi connectivity index (χ2n) is 7.57. The Morgan fingerprint density at radius 1 is 1.00 bits per heavy atom. The van der Waals surface area contributed by atoms with Gasteiger partial charge in [-0.3, -0.25) is 0 Å². The molecule has 1 aliphatic heterocycles. The van der Waals surface area contributed by atoms with Crippen molar-refractivity contribution in [3.63, 3.8) is 0 Å². The molecule has 0 bridgehead atoms. The normalized spacial score (nSPS) is 15.1. The van der Waals surface area contributed by atoms with E-state index in [9.17, 15) is 0 Å². The van der Waals surface area contributed by atoms with Gasteiger partial charge < -0.3 is 14.4 Å². The van der Waals surface area contributed by atoms with Crippen LogP contribution in [0.25, 0.3) is 11.1 Å². The third-order valence-corrected chi connectivity index (χ3v) is 5.68. The molecule has 144 valence electrons. The van der Waals surface area contributed by atoms with Crippen LogP contribution in [0, 0.1) is 13.8 Å². The molecule has 0 N–H and O–H groups in total. The summed E-state index contributed by atoms with van der Waals surface area (Å²) in [7, 11) is 3.85. The highest BCUT2D eigenvalue weighted by Gasteiger charge is 2.28. The Morgan fingerprint density at radius 3 is 2.54 bits per heavy atom. The molecule has 1 heterocycles. The van der Waals surface area contributed by atoms with Crippen LogP contribution in [0.5, 0.6) is 11.5 Å². The first-order valence-electron chi connectivity index (χ1n) is 9.77. The summed E-state index contributed by atoms with van der Waals surface area (Å²) in [6, 6.07) is 21.1. The van der Waals surface area contributed by atoms with Crippen molar-refractivity contribution in [2.45, 2.75) is 26.4 Å². The van der Waals surface area contributed by atoms with Gasteiger partial charge in [-0.15, -0.1) is 0 Å². The zero-order valence-corrected chi connectivity index (χ0v) is 17.0. The third kappa shape index (κ3) is 3.45. The lowest BCUT2D eigenvalue weighted by molar-refractivity contribution is 0.240. The number of hydrogen-bond acceptors (Lipinski definition) is 3. The number of benzene rings is 3. The van der Waals surface area contributed by atoms with Crippen LogP contribution in [-0.4, -0.2) is 26.8 Å². The Bertz CT molecular complexity index is 981. The number of nitrogens with zero attached hydrogens (tertiary/aromatic N) is 1. The maximum Gasteiger partial charge on any atom is 0.131 e. The quantitative estimate of drug-likeness (QED) is 0.596. The number of para-hydroxylation sites is 1. The van der Waals surface area contributed by atoms with Gasteiger partial charge in [-0.2, -0.15) is 0 Å². The molecular weight excluding hydrogens is 346 g/mol. The van der Waals surface area contributed by atoms with E-state index in [0.29, 0.717) is 0 Å². The van der Waals surface area contributed by atoms with Crippen LogP contribution in [0.4, 0.5) is 5.69 Å². The molecule has 0 aliphatic carbocycles. The van der Waals surface area contributed by atoms with Gasteiger partial charge in [-0.1, -0.05) is 36.4 Å². The van der Waals surface area contributed by atoms with E-state index in [1.807, 2.05) is 6.07 Å². The van der Waals surface area contributed by atoms with Crippen LogP contribution >= 0.6 is 0 Å².